The lowest BCUT2D eigenvalue weighted by molar-refractivity contribution is -0.151. The maximum Gasteiger partial charge on any atom is 0.380 e. The van der Waals surface area contributed by atoms with Crippen LogP contribution in [0.2, 0.25) is 0 Å². The van der Waals surface area contributed by atoms with Crippen LogP contribution in [0, 0.1) is 16.6 Å². The number of aliphatic hydroxyl groups excluding tert-OH is 1. The number of para-hydroxylation sites is 1. The molecule has 0 bridgehead atoms. The van der Waals surface area contributed by atoms with E-state index in [4.69, 9.17) is 30.7 Å². The SMILES string of the molecule is CC(C)OC(=O)[C@H](C)CP(=O)(OC[C@H]1O[C@@H](n2ccc(=O)[nH]c2=S)C(C)[C@H]1O)Oc1ccccc1. The van der Waals surface area contributed by atoms with Crippen LogP contribution in [-0.4, -0.2) is 51.7 Å². The number of rotatable bonds is 10. The molecule has 0 amide bonds. The number of H-pyrrole nitrogens is 1. The van der Waals surface area contributed by atoms with Crippen molar-refractivity contribution in [2.75, 3.05) is 12.8 Å². The number of hydrogen-bond donors (Lipinski definition) is 2. The molecule has 1 aromatic heterocycles. The predicted octanol–water partition coefficient (Wildman–Crippen LogP) is 3.68. The summed E-state index contributed by atoms with van der Waals surface area (Å²) < 4.78 is 38.1. The van der Waals surface area contributed by atoms with Crippen molar-refractivity contribution in [2.45, 2.75) is 52.2 Å². The Kier molecular flexibility index (Phi) is 9.06. The number of aliphatic hydroxyl groups is 1. The molecule has 2 N–H and O–H groups in total. The second-order valence-electron chi connectivity index (χ2n) is 8.81. The third kappa shape index (κ3) is 7.11. The molecule has 12 heteroatoms. The van der Waals surface area contributed by atoms with Gasteiger partial charge in [-0.1, -0.05) is 32.0 Å². The van der Waals surface area contributed by atoms with Crippen LogP contribution in [0.5, 0.6) is 5.75 Å². The molecule has 0 spiro atoms. The van der Waals surface area contributed by atoms with Crippen LogP contribution in [0.15, 0.2) is 47.4 Å². The molecule has 35 heavy (non-hydrogen) atoms. The minimum absolute atomic E-state index is 0.152. The van der Waals surface area contributed by atoms with Gasteiger partial charge in [0.2, 0.25) is 0 Å². The zero-order chi connectivity index (χ0) is 25.8. The monoisotopic (exact) mass is 526 g/mol. The number of esters is 1. The summed E-state index contributed by atoms with van der Waals surface area (Å²) in [5.41, 5.74) is -0.346. The number of hydrogen-bond acceptors (Lipinski definition) is 9. The Hall–Kier alpha value is -2.30. The number of carbonyl (C=O) groups excluding carboxylic acids is 1. The first-order valence-corrected chi connectivity index (χ1v) is 13.5. The quantitative estimate of drug-likeness (QED) is 0.271. The lowest BCUT2D eigenvalue weighted by atomic mass is 10.0. The first-order valence-electron chi connectivity index (χ1n) is 11.3. The lowest BCUT2D eigenvalue weighted by Crippen LogP contribution is -2.30. The first-order chi connectivity index (χ1) is 16.5. The van der Waals surface area contributed by atoms with E-state index in [1.54, 1.807) is 58.0 Å². The van der Waals surface area contributed by atoms with Crippen molar-refractivity contribution in [1.82, 2.24) is 9.55 Å². The lowest BCUT2D eigenvalue weighted by Gasteiger charge is -2.24. The fraction of sp³-hybridized carbons (Fsp3) is 0.522. The van der Waals surface area contributed by atoms with Crippen molar-refractivity contribution < 1.29 is 33.0 Å². The number of benzene rings is 1. The van der Waals surface area contributed by atoms with Crippen molar-refractivity contribution in [3.63, 3.8) is 0 Å². The van der Waals surface area contributed by atoms with Gasteiger partial charge in [0.05, 0.1) is 30.9 Å². The maximum absolute atomic E-state index is 13.7. The Morgan fingerprint density at radius 3 is 2.57 bits per heavy atom. The van der Waals surface area contributed by atoms with E-state index in [-0.39, 0.29) is 29.2 Å². The zero-order valence-electron chi connectivity index (χ0n) is 20.0. The molecular formula is C23H31N2O8PS. The number of nitrogens with zero attached hydrogens (tertiary/aromatic N) is 1. The average Bonchev–Trinajstić information content (AvgIpc) is 3.06. The standard InChI is InChI=1S/C23H31N2O8PS/c1-14(2)31-22(28)15(3)13-34(29,33-17-8-6-5-7-9-17)30-12-18-20(27)16(4)21(32-18)25-11-10-19(26)24-23(25)35/h5-11,14-16,18,20-21,27H,12-13H2,1-4H3,(H,24,26,35)/t15-,16?,18-,20-,21-,34?/m1/s1. The van der Waals surface area contributed by atoms with Gasteiger partial charge in [0.25, 0.3) is 5.56 Å². The molecule has 0 radical (unpaired) electrons. The third-order valence-corrected chi connectivity index (χ3v) is 7.82. The predicted molar refractivity (Wildman–Crippen MR) is 131 cm³/mol. The molecule has 1 aliphatic heterocycles. The highest BCUT2D eigenvalue weighted by Gasteiger charge is 2.44. The van der Waals surface area contributed by atoms with Gasteiger partial charge in [0, 0.05) is 18.2 Å². The van der Waals surface area contributed by atoms with Gasteiger partial charge >= 0.3 is 13.6 Å². The van der Waals surface area contributed by atoms with Crippen LogP contribution < -0.4 is 10.1 Å². The minimum atomic E-state index is -3.87. The number of carbonyl (C=O) groups is 1. The molecular weight excluding hydrogens is 495 g/mol. The van der Waals surface area contributed by atoms with Crippen LogP contribution >= 0.6 is 19.8 Å². The molecule has 1 aliphatic rings. The van der Waals surface area contributed by atoms with Gasteiger partial charge in [-0.2, -0.15) is 0 Å². The third-order valence-electron chi connectivity index (χ3n) is 5.48. The largest absolute Gasteiger partial charge is 0.463 e. The molecule has 1 aromatic carbocycles. The summed E-state index contributed by atoms with van der Waals surface area (Å²) in [4.78, 5) is 26.4. The van der Waals surface area contributed by atoms with Crippen LogP contribution in [0.3, 0.4) is 0 Å². The number of aromatic nitrogens is 2. The van der Waals surface area contributed by atoms with Crippen LogP contribution in [0.1, 0.15) is 33.9 Å². The van der Waals surface area contributed by atoms with Gasteiger partial charge < -0.3 is 19.1 Å². The molecule has 3 rings (SSSR count). The summed E-state index contributed by atoms with van der Waals surface area (Å²) >= 11 is 5.21. The summed E-state index contributed by atoms with van der Waals surface area (Å²) in [5.74, 6) is -1.36. The van der Waals surface area contributed by atoms with E-state index in [0.717, 1.165) is 0 Å². The van der Waals surface area contributed by atoms with E-state index in [1.165, 1.54) is 16.8 Å². The Morgan fingerprint density at radius 2 is 1.94 bits per heavy atom. The van der Waals surface area contributed by atoms with Crippen LogP contribution in [-0.2, 0) is 23.4 Å². The summed E-state index contributed by atoms with van der Waals surface area (Å²) in [6.45, 7) is 6.56. The van der Waals surface area contributed by atoms with Crippen molar-refractivity contribution >= 4 is 25.8 Å². The molecule has 0 aliphatic carbocycles. The Bertz CT molecular complexity index is 1170. The maximum atomic E-state index is 13.7. The fourth-order valence-electron chi connectivity index (χ4n) is 3.68. The summed E-state index contributed by atoms with van der Waals surface area (Å²) in [6, 6.07) is 9.79. The summed E-state index contributed by atoms with van der Waals surface area (Å²) in [5, 5.41) is 10.8. The van der Waals surface area contributed by atoms with E-state index in [9.17, 15) is 19.3 Å². The zero-order valence-corrected chi connectivity index (χ0v) is 21.7. The highest BCUT2D eigenvalue weighted by atomic mass is 32.1. The fourth-order valence-corrected chi connectivity index (χ4v) is 5.81. The second-order valence-corrected chi connectivity index (χ2v) is 11.2. The van der Waals surface area contributed by atoms with Crippen molar-refractivity contribution in [2.24, 2.45) is 11.8 Å². The van der Waals surface area contributed by atoms with Crippen molar-refractivity contribution in [1.29, 1.82) is 0 Å². The van der Waals surface area contributed by atoms with Gasteiger partial charge in [0.1, 0.15) is 18.1 Å². The molecule has 1 fully saturated rings. The Labute approximate surface area is 208 Å². The second kappa shape index (κ2) is 11.6. The summed E-state index contributed by atoms with van der Waals surface area (Å²) in [6.07, 6.45) is -1.54. The van der Waals surface area contributed by atoms with E-state index in [2.05, 4.69) is 4.98 Å². The summed E-state index contributed by atoms with van der Waals surface area (Å²) in [7, 11) is -3.87. The molecule has 6 atom stereocenters. The number of nitrogens with one attached hydrogen (secondary N) is 1. The van der Waals surface area contributed by atoms with E-state index < -0.39 is 43.8 Å². The van der Waals surface area contributed by atoms with Gasteiger partial charge in [-0.3, -0.25) is 23.7 Å². The van der Waals surface area contributed by atoms with E-state index in [1.807, 2.05) is 0 Å². The molecule has 2 unspecified atom stereocenters. The minimum Gasteiger partial charge on any atom is -0.463 e. The Balaban J connectivity index is 1.75. The molecule has 10 nitrogen and oxygen atoms in total. The van der Waals surface area contributed by atoms with Crippen LogP contribution in [0.4, 0.5) is 0 Å². The van der Waals surface area contributed by atoms with Gasteiger partial charge in [-0.25, -0.2) is 4.57 Å². The van der Waals surface area contributed by atoms with Crippen molar-refractivity contribution in [3.8, 4) is 5.75 Å². The first kappa shape index (κ1) is 27.3. The molecule has 0 saturated carbocycles. The Morgan fingerprint density at radius 1 is 1.26 bits per heavy atom. The van der Waals surface area contributed by atoms with Gasteiger partial charge in [-0.15, -0.1) is 0 Å². The van der Waals surface area contributed by atoms with Gasteiger partial charge in [-0.05, 0) is 38.2 Å². The van der Waals surface area contributed by atoms with Gasteiger partial charge in [0.15, 0.2) is 4.77 Å². The molecule has 2 aromatic rings. The molecule has 2 heterocycles. The highest BCUT2D eigenvalue weighted by Crippen LogP contribution is 2.51. The number of aromatic amines is 1. The average molecular weight is 527 g/mol. The molecule has 192 valence electrons. The normalized spacial score (nSPS) is 24.6. The highest BCUT2D eigenvalue weighted by molar-refractivity contribution is 7.71. The molecule has 1 saturated heterocycles. The van der Waals surface area contributed by atoms with E-state index >= 15 is 0 Å². The van der Waals surface area contributed by atoms with Crippen LogP contribution in [0.25, 0.3) is 0 Å². The smallest absolute Gasteiger partial charge is 0.380 e. The number of ether oxygens (including phenoxy) is 2. The van der Waals surface area contributed by atoms with Crippen molar-refractivity contribution in [3.05, 3.63) is 57.7 Å². The topological polar surface area (TPSA) is 129 Å². The van der Waals surface area contributed by atoms with E-state index in [0.29, 0.717) is 5.75 Å².